The van der Waals surface area contributed by atoms with Gasteiger partial charge in [-0.1, -0.05) is 12.1 Å². The van der Waals surface area contributed by atoms with Gasteiger partial charge in [0.05, 0.1) is 7.11 Å². The van der Waals surface area contributed by atoms with Crippen LogP contribution >= 0.6 is 0 Å². The third-order valence-electron chi connectivity index (χ3n) is 2.05. The van der Waals surface area contributed by atoms with E-state index in [4.69, 9.17) is 0 Å². The smallest absolute Gasteiger partial charge is 0.395 e. The number of Topliss-reactive ketones (excluding diaryl/α,β-unsaturated/α-hetero) is 1. The molecule has 0 aliphatic heterocycles. The largest absolute Gasteiger partial charge is 0.494 e. The van der Waals surface area contributed by atoms with E-state index in [9.17, 15) is 22.4 Å². The number of hydrogen-bond donors (Lipinski definition) is 0. The molecule has 94 valence electrons. The van der Waals surface area contributed by atoms with Crippen LogP contribution in [0.1, 0.15) is 12.0 Å². The number of benzene rings is 1. The van der Waals surface area contributed by atoms with E-state index in [0.29, 0.717) is 0 Å². The Morgan fingerprint density at radius 3 is 2.53 bits per heavy atom. The average Bonchev–Trinajstić information content (AvgIpc) is 2.18. The van der Waals surface area contributed by atoms with Gasteiger partial charge >= 0.3 is 6.18 Å². The summed E-state index contributed by atoms with van der Waals surface area (Å²) in [5.41, 5.74) is -0.0985. The first-order valence-corrected chi connectivity index (χ1v) is 4.73. The van der Waals surface area contributed by atoms with Crippen LogP contribution < -0.4 is 4.74 Å². The number of alkyl halides is 3. The zero-order chi connectivity index (χ0) is 13.1. The highest BCUT2D eigenvalue weighted by Crippen LogP contribution is 2.24. The van der Waals surface area contributed by atoms with Crippen LogP contribution in [-0.2, 0) is 11.2 Å². The van der Waals surface area contributed by atoms with Crippen LogP contribution in [0.25, 0.3) is 0 Å². The lowest BCUT2D eigenvalue weighted by atomic mass is 10.1. The molecule has 17 heavy (non-hydrogen) atoms. The van der Waals surface area contributed by atoms with Crippen molar-refractivity contribution >= 4 is 5.78 Å². The van der Waals surface area contributed by atoms with Crippen LogP contribution in [0.5, 0.6) is 5.75 Å². The highest BCUT2D eigenvalue weighted by atomic mass is 19.4. The van der Waals surface area contributed by atoms with Crippen molar-refractivity contribution in [3.63, 3.8) is 0 Å². The normalized spacial score (nSPS) is 11.4. The molecule has 0 aliphatic rings. The first kappa shape index (κ1) is 13.5. The maximum absolute atomic E-state index is 13.5. The van der Waals surface area contributed by atoms with E-state index in [1.165, 1.54) is 25.3 Å². The number of halogens is 4. The summed E-state index contributed by atoms with van der Waals surface area (Å²) in [6.07, 6.45) is -6.71. The predicted octanol–water partition coefficient (Wildman–Crippen LogP) is 2.90. The van der Waals surface area contributed by atoms with Crippen LogP contribution in [0, 0.1) is 5.82 Å². The van der Waals surface area contributed by atoms with Gasteiger partial charge in [0, 0.05) is 6.42 Å². The van der Waals surface area contributed by atoms with Crippen LogP contribution in [0.2, 0.25) is 0 Å². The lowest BCUT2D eigenvalue weighted by Gasteiger charge is -2.08. The van der Waals surface area contributed by atoms with Crippen LogP contribution in [0.3, 0.4) is 0 Å². The zero-order valence-electron chi connectivity index (χ0n) is 8.97. The highest BCUT2D eigenvalue weighted by Gasteiger charge is 2.31. The fraction of sp³-hybridized carbons (Fsp3) is 0.364. The Morgan fingerprint density at radius 2 is 2.00 bits per heavy atom. The van der Waals surface area contributed by atoms with Crippen molar-refractivity contribution in [3.05, 3.63) is 29.6 Å². The van der Waals surface area contributed by atoms with E-state index in [1.54, 1.807) is 0 Å². The number of rotatable bonds is 4. The van der Waals surface area contributed by atoms with E-state index < -0.39 is 30.6 Å². The standard InChI is InChI=1S/C11H10F4O2/c1-17-9-4-2-3-7(10(9)12)5-8(16)6-11(13,14)15/h2-4H,5-6H2,1H3. The number of methoxy groups -OCH3 is 1. The molecule has 2 nitrogen and oxygen atoms in total. The summed E-state index contributed by atoms with van der Waals surface area (Å²) in [6.45, 7) is 0. The minimum absolute atomic E-state index is 0.0951. The summed E-state index contributed by atoms with van der Waals surface area (Å²) in [5, 5.41) is 0. The SMILES string of the molecule is COc1cccc(CC(=O)CC(F)(F)F)c1F. The maximum atomic E-state index is 13.5. The molecule has 0 heterocycles. The molecule has 0 saturated heterocycles. The van der Waals surface area contributed by atoms with E-state index in [0.717, 1.165) is 0 Å². The molecule has 0 fully saturated rings. The summed E-state index contributed by atoms with van der Waals surface area (Å²) in [6, 6.07) is 4.00. The first-order valence-electron chi connectivity index (χ1n) is 4.73. The molecule has 1 aromatic carbocycles. The van der Waals surface area contributed by atoms with Gasteiger partial charge in [-0.2, -0.15) is 13.2 Å². The van der Waals surface area contributed by atoms with E-state index in [1.807, 2.05) is 0 Å². The molecular weight excluding hydrogens is 240 g/mol. The molecule has 0 aromatic heterocycles. The Kier molecular flexibility index (Phi) is 4.09. The van der Waals surface area contributed by atoms with Gasteiger partial charge in [0.25, 0.3) is 0 Å². The number of ether oxygens (including phenoxy) is 1. The molecule has 0 radical (unpaired) electrons. The summed E-state index contributed by atoms with van der Waals surface area (Å²) < 4.78 is 53.9. The molecule has 0 saturated carbocycles. The van der Waals surface area contributed by atoms with E-state index in [-0.39, 0.29) is 11.3 Å². The van der Waals surface area contributed by atoms with Gasteiger partial charge in [0.1, 0.15) is 12.2 Å². The van der Waals surface area contributed by atoms with Crippen LogP contribution in [0.15, 0.2) is 18.2 Å². The summed E-state index contributed by atoms with van der Waals surface area (Å²) in [4.78, 5) is 11.1. The van der Waals surface area contributed by atoms with E-state index >= 15 is 0 Å². The third kappa shape index (κ3) is 4.05. The molecule has 1 rings (SSSR count). The number of carbonyl (C=O) groups is 1. The van der Waals surface area contributed by atoms with Gasteiger partial charge in [-0.25, -0.2) is 4.39 Å². The van der Waals surface area contributed by atoms with Gasteiger partial charge in [-0.15, -0.1) is 0 Å². The maximum Gasteiger partial charge on any atom is 0.395 e. The van der Waals surface area contributed by atoms with Crippen LogP contribution in [0.4, 0.5) is 17.6 Å². The highest BCUT2D eigenvalue weighted by molar-refractivity contribution is 5.81. The van der Waals surface area contributed by atoms with Crippen LogP contribution in [-0.4, -0.2) is 19.1 Å². The lowest BCUT2D eigenvalue weighted by Crippen LogP contribution is -2.17. The molecule has 0 aliphatic carbocycles. The third-order valence-corrected chi connectivity index (χ3v) is 2.05. The minimum atomic E-state index is -4.56. The Bertz CT molecular complexity index is 412. The molecule has 0 amide bonds. The monoisotopic (exact) mass is 250 g/mol. The van der Waals surface area contributed by atoms with Gasteiger partial charge < -0.3 is 4.74 Å². The Labute approximate surface area is 95.2 Å². The average molecular weight is 250 g/mol. The van der Waals surface area contributed by atoms with Gasteiger partial charge in [0.15, 0.2) is 11.6 Å². The molecule has 0 atom stereocenters. The summed E-state index contributed by atoms with van der Waals surface area (Å²) in [5.74, 6) is -1.97. The fourth-order valence-electron chi connectivity index (χ4n) is 1.35. The van der Waals surface area contributed by atoms with Crippen molar-refractivity contribution in [2.24, 2.45) is 0 Å². The van der Waals surface area contributed by atoms with Gasteiger partial charge in [-0.3, -0.25) is 4.79 Å². The fourth-order valence-corrected chi connectivity index (χ4v) is 1.35. The quantitative estimate of drug-likeness (QED) is 0.768. The summed E-state index contributed by atoms with van der Waals surface area (Å²) >= 11 is 0. The second-order valence-electron chi connectivity index (χ2n) is 3.44. The van der Waals surface area contributed by atoms with Crippen molar-refractivity contribution in [2.45, 2.75) is 19.0 Å². The summed E-state index contributed by atoms with van der Waals surface area (Å²) in [7, 11) is 1.24. The molecule has 0 bridgehead atoms. The van der Waals surface area contributed by atoms with Crippen molar-refractivity contribution in [3.8, 4) is 5.75 Å². The minimum Gasteiger partial charge on any atom is -0.494 e. The van der Waals surface area contributed by atoms with Gasteiger partial charge in [-0.05, 0) is 11.6 Å². The molecule has 6 heteroatoms. The second-order valence-corrected chi connectivity index (χ2v) is 3.44. The lowest BCUT2D eigenvalue weighted by molar-refractivity contribution is -0.151. The zero-order valence-corrected chi connectivity index (χ0v) is 8.97. The van der Waals surface area contributed by atoms with Crippen molar-refractivity contribution in [2.75, 3.05) is 7.11 Å². The molecule has 0 spiro atoms. The molecule has 0 N–H and O–H groups in total. The molecular formula is C11H10F4O2. The number of hydrogen-bond acceptors (Lipinski definition) is 2. The molecule has 1 aromatic rings. The van der Waals surface area contributed by atoms with Crippen molar-refractivity contribution < 1.29 is 27.1 Å². The Balaban J connectivity index is 2.79. The predicted molar refractivity (Wildman–Crippen MR) is 52.3 cm³/mol. The van der Waals surface area contributed by atoms with E-state index in [2.05, 4.69) is 4.74 Å². The van der Waals surface area contributed by atoms with Crippen molar-refractivity contribution in [1.82, 2.24) is 0 Å². The molecule has 0 unspecified atom stereocenters. The Morgan fingerprint density at radius 1 is 1.35 bits per heavy atom. The van der Waals surface area contributed by atoms with Gasteiger partial charge in [0.2, 0.25) is 0 Å². The first-order chi connectivity index (χ1) is 7.83. The van der Waals surface area contributed by atoms with Crippen molar-refractivity contribution in [1.29, 1.82) is 0 Å². The number of ketones is 1. The Hall–Kier alpha value is -1.59. The topological polar surface area (TPSA) is 26.3 Å². The second kappa shape index (κ2) is 5.16. The number of carbonyl (C=O) groups excluding carboxylic acids is 1.